The van der Waals surface area contributed by atoms with E-state index in [0.29, 0.717) is 32.2 Å². The molecule has 0 bridgehead atoms. The van der Waals surface area contributed by atoms with Gasteiger partial charge in [0.25, 0.3) is 0 Å². The van der Waals surface area contributed by atoms with Crippen LogP contribution in [0.1, 0.15) is 32.3 Å². The number of carbonyl (C=O) groups excluding carboxylic acids is 1. The molecule has 2 rings (SSSR count). The number of hydrogen-bond acceptors (Lipinski definition) is 4. The molecule has 1 aromatic carbocycles. The molecule has 0 aromatic heterocycles. The summed E-state index contributed by atoms with van der Waals surface area (Å²) in [5.74, 6) is 0.481. The zero-order valence-corrected chi connectivity index (χ0v) is 18.5. The lowest BCUT2D eigenvalue weighted by Crippen LogP contribution is -2.48. The van der Waals surface area contributed by atoms with E-state index in [1.165, 1.54) is 6.07 Å². The summed E-state index contributed by atoms with van der Waals surface area (Å²) in [5, 5.41) is 3.23. The molecule has 1 atom stereocenters. The average Bonchev–Trinajstić information content (AvgIpc) is 2.65. The third-order valence-electron chi connectivity index (χ3n) is 4.21. The van der Waals surface area contributed by atoms with Crippen LogP contribution in [-0.4, -0.2) is 49.7 Å². The number of nitrogens with one attached hydrogen (secondary N) is 1. The molecule has 1 aromatic rings. The van der Waals surface area contributed by atoms with Crippen LogP contribution >= 0.6 is 24.0 Å². The van der Waals surface area contributed by atoms with Crippen LogP contribution in [0.2, 0.25) is 0 Å². The molecule has 9 heteroatoms. The van der Waals surface area contributed by atoms with Gasteiger partial charge in [-0.25, -0.2) is 4.99 Å². The molecule has 0 spiro atoms. The van der Waals surface area contributed by atoms with Gasteiger partial charge in [-0.15, -0.1) is 24.0 Å². The summed E-state index contributed by atoms with van der Waals surface area (Å²) >= 11 is 0. The number of halogens is 3. The molecular formula is C19H28F2IN3O3. The van der Waals surface area contributed by atoms with E-state index in [2.05, 4.69) is 15.0 Å². The fraction of sp³-hybridized carbons (Fsp3) is 0.579. The van der Waals surface area contributed by atoms with Crippen LogP contribution in [-0.2, 0) is 16.1 Å². The van der Waals surface area contributed by atoms with Crippen molar-refractivity contribution in [3.8, 4) is 5.75 Å². The highest BCUT2D eigenvalue weighted by Crippen LogP contribution is 2.19. The molecule has 158 valence electrons. The third kappa shape index (κ3) is 7.76. The van der Waals surface area contributed by atoms with Gasteiger partial charge in [0, 0.05) is 19.6 Å². The SMILES string of the molecule is CCNC(=NCc1cccc(OC(F)F)c1)N1CCCC(C(=O)OCC)C1.I. The fourth-order valence-electron chi connectivity index (χ4n) is 3.03. The lowest BCUT2D eigenvalue weighted by molar-refractivity contribution is -0.149. The van der Waals surface area contributed by atoms with Crippen LogP contribution in [0, 0.1) is 5.92 Å². The molecule has 1 heterocycles. The first-order chi connectivity index (χ1) is 13.0. The fourth-order valence-corrected chi connectivity index (χ4v) is 3.03. The Bertz CT molecular complexity index is 647. The van der Waals surface area contributed by atoms with Gasteiger partial charge in [-0.3, -0.25) is 4.79 Å². The normalized spacial score (nSPS) is 17.1. The van der Waals surface area contributed by atoms with E-state index in [1.54, 1.807) is 19.1 Å². The highest BCUT2D eigenvalue weighted by molar-refractivity contribution is 14.0. The Morgan fingerprint density at radius 1 is 1.39 bits per heavy atom. The van der Waals surface area contributed by atoms with Crippen molar-refractivity contribution >= 4 is 35.9 Å². The summed E-state index contributed by atoms with van der Waals surface area (Å²) in [6.07, 6.45) is 1.69. The van der Waals surface area contributed by atoms with Crippen LogP contribution in [0.15, 0.2) is 29.3 Å². The average molecular weight is 511 g/mol. The number of guanidine groups is 1. The highest BCUT2D eigenvalue weighted by Gasteiger charge is 2.28. The minimum atomic E-state index is -2.85. The second-order valence-electron chi connectivity index (χ2n) is 6.23. The number of likely N-dealkylation sites (tertiary alicyclic amines) is 1. The number of carbonyl (C=O) groups is 1. The van der Waals surface area contributed by atoms with Crippen molar-refractivity contribution in [2.75, 3.05) is 26.2 Å². The second-order valence-corrected chi connectivity index (χ2v) is 6.23. The summed E-state index contributed by atoms with van der Waals surface area (Å²) in [4.78, 5) is 18.7. The molecule has 1 N–H and O–H groups in total. The van der Waals surface area contributed by atoms with E-state index < -0.39 is 6.61 Å². The van der Waals surface area contributed by atoms with Crippen molar-refractivity contribution in [1.82, 2.24) is 10.2 Å². The van der Waals surface area contributed by atoms with Crippen molar-refractivity contribution in [2.24, 2.45) is 10.9 Å². The van der Waals surface area contributed by atoms with Crippen LogP contribution in [0.25, 0.3) is 0 Å². The van der Waals surface area contributed by atoms with Gasteiger partial charge in [-0.1, -0.05) is 12.1 Å². The Balaban J connectivity index is 0.00000392. The zero-order chi connectivity index (χ0) is 19.6. The summed E-state index contributed by atoms with van der Waals surface area (Å²) in [7, 11) is 0. The van der Waals surface area contributed by atoms with Crippen LogP contribution < -0.4 is 10.1 Å². The predicted molar refractivity (Wildman–Crippen MR) is 114 cm³/mol. The number of aliphatic imine (C=N–C) groups is 1. The Hall–Kier alpha value is -1.65. The topological polar surface area (TPSA) is 63.2 Å². The van der Waals surface area contributed by atoms with Crippen LogP contribution in [0.5, 0.6) is 5.75 Å². The molecule has 1 saturated heterocycles. The monoisotopic (exact) mass is 511 g/mol. The van der Waals surface area contributed by atoms with E-state index in [-0.39, 0.29) is 41.6 Å². The van der Waals surface area contributed by atoms with Gasteiger partial charge in [-0.05, 0) is 44.4 Å². The standard InChI is InChI=1S/C19H27F2N3O3.HI/c1-3-22-19(24-10-6-8-15(13-24)17(25)26-4-2)23-12-14-7-5-9-16(11-14)27-18(20)21;/h5,7,9,11,15,18H,3-4,6,8,10,12-13H2,1-2H3,(H,22,23);1H. The van der Waals surface area contributed by atoms with Gasteiger partial charge >= 0.3 is 12.6 Å². The van der Waals surface area contributed by atoms with E-state index in [1.807, 2.05) is 17.9 Å². The number of ether oxygens (including phenoxy) is 2. The molecule has 1 unspecified atom stereocenters. The molecule has 1 aliphatic rings. The molecule has 28 heavy (non-hydrogen) atoms. The lowest BCUT2D eigenvalue weighted by atomic mass is 9.98. The van der Waals surface area contributed by atoms with Crippen LogP contribution in [0.4, 0.5) is 8.78 Å². The molecule has 0 saturated carbocycles. The number of rotatable bonds is 7. The Labute approximate surface area is 181 Å². The first-order valence-electron chi connectivity index (χ1n) is 9.27. The molecular weight excluding hydrogens is 483 g/mol. The summed E-state index contributed by atoms with van der Waals surface area (Å²) in [6.45, 7) is 3.66. The predicted octanol–water partition coefficient (Wildman–Crippen LogP) is 3.65. The largest absolute Gasteiger partial charge is 0.466 e. The van der Waals surface area contributed by atoms with Crippen molar-refractivity contribution in [2.45, 2.75) is 39.8 Å². The number of benzene rings is 1. The minimum absolute atomic E-state index is 0. The quantitative estimate of drug-likeness (QED) is 0.262. The maximum absolute atomic E-state index is 12.4. The molecule has 0 radical (unpaired) electrons. The molecule has 1 fully saturated rings. The molecule has 0 aliphatic carbocycles. The van der Waals surface area contributed by atoms with Crippen molar-refractivity contribution in [3.63, 3.8) is 0 Å². The molecule has 0 amide bonds. The van der Waals surface area contributed by atoms with Crippen LogP contribution in [0.3, 0.4) is 0 Å². The zero-order valence-electron chi connectivity index (χ0n) is 16.2. The lowest BCUT2D eigenvalue weighted by Gasteiger charge is -2.34. The Morgan fingerprint density at radius 3 is 2.86 bits per heavy atom. The van der Waals surface area contributed by atoms with Gasteiger partial charge in [0.05, 0.1) is 19.1 Å². The molecule has 6 nitrogen and oxygen atoms in total. The number of piperidine rings is 1. The van der Waals surface area contributed by atoms with E-state index >= 15 is 0 Å². The van der Waals surface area contributed by atoms with Gasteiger partial charge in [0.2, 0.25) is 0 Å². The molecule has 1 aliphatic heterocycles. The summed E-state index contributed by atoms with van der Waals surface area (Å²) in [6, 6.07) is 6.51. The highest BCUT2D eigenvalue weighted by atomic mass is 127. The van der Waals surface area contributed by atoms with Crippen molar-refractivity contribution in [3.05, 3.63) is 29.8 Å². The smallest absolute Gasteiger partial charge is 0.387 e. The number of nitrogens with zero attached hydrogens (tertiary/aromatic N) is 2. The number of hydrogen-bond donors (Lipinski definition) is 1. The third-order valence-corrected chi connectivity index (χ3v) is 4.21. The summed E-state index contributed by atoms with van der Waals surface area (Å²) in [5.41, 5.74) is 0.766. The van der Waals surface area contributed by atoms with Crippen molar-refractivity contribution in [1.29, 1.82) is 0 Å². The number of esters is 1. The van der Waals surface area contributed by atoms with E-state index in [9.17, 15) is 13.6 Å². The maximum Gasteiger partial charge on any atom is 0.387 e. The first-order valence-corrected chi connectivity index (χ1v) is 9.27. The van der Waals surface area contributed by atoms with Gasteiger partial charge in [0.1, 0.15) is 5.75 Å². The number of alkyl halides is 2. The van der Waals surface area contributed by atoms with Crippen molar-refractivity contribution < 1.29 is 23.0 Å². The Morgan fingerprint density at radius 2 is 2.18 bits per heavy atom. The van der Waals surface area contributed by atoms with Gasteiger partial charge < -0.3 is 19.7 Å². The van der Waals surface area contributed by atoms with Gasteiger partial charge in [0.15, 0.2) is 5.96 Å². The second kappa shape index (κ2) is 12.7. The first kappa shape index (κ1) is 24.4. The minimum Gasteiger partial charge on any atom is -0.466 e. The van der Waals surface area contributed by atoms with E-state index in [4.69, 9.17) is 4.74 Å². The summed E-state index contributed by atoms with van der Waals surface area (Å²) < 4.78 is 34.3. The Kier molecular flexibility index (Phi) is 11.1. The van der Waals surface area contributed by atoms with Gasteiger partial charge in [-0.2, -0.15) is 8.78 Å². The van der Waals surface area contributed by atoms with E-state index in [0.717, 1.165) is 24.9 Å². The maximum atomic E-state index is 12.4.